The van der Waals surface area contributed by atoms with Gasteiger partial charge in [0.05, 0.1) is 0 Å². The summed E-state index contributed by atoms with van der Waals surface area (Å²) in [5, 5.41) is 25.5. The van der Waals surface area contributed by atoms with Crippen molar-refractivity contribution >= 4 is 35.2 Å². The first-order valence-electron chi connectivity index (χ1n) is 25.4. The predicted molar refractivity (Wildman–Crippen MR) is 266 cm³/mol. The van der Waals surface area contributed by atoms with E-state index in [2.05, 4.69) is 78.1 Å². The number of aromatic nitrogens is 3. The van der Waals surface area contributed by atoms with E-state index in [4.69, 9.17) is 5.10 Å². The van der Waals surface area contributed by atoms with Gasteiger partial charge in [0.25, 0.3) is 0 Å². The molecular weight excluding hydrogens is 761 g/mol. The Morgan fingerprint density at radius 1 is 0.492 bits per heavy atom. The normalized spacial score (nSPS) is 12.2. The number of rotatable bonds is 38. The molecule has 0 bridgehead atoms. The Morgan fingerprint density at radius 3 is 1.15 bits per heavy atom. The molecule has 2 rings (SSSR count). The van der Waals surface area contributed by atoms with Crippen LogP contribution in [-0.4, -0.2) is 31.0 Å². The van der Waals surface area contributed by atoms with E-state index < -0.39 is 0 Å². The van der Waals surface area contributed by atoms with E-state index in [0.29, 0.717) is 5.75 Å². The lowest BCUT2D eigenvalue weighted by atomic mass is 9.79. The molecule has 0 radical (unpaired) electrons. The summed E-state index contributed by atoms with van der Waals surface area (Å²) in [4.78, 5) is 0. The third-order valence-corrected chi connectivity index (χ3v) is 14.1. The van der Waals surface area contributed by atoms with Gasteiger partial charge in [0.2, 0.25) is 0 Å². The van der Waals surface area contributed by atoms with E-state index in [0.717, 1.165) is 39.2 Å². The molecule has 0 saturated heterocycles. The maximum atomic E-state index is 11.4. The predicted octanol–water partition coefficient (Wildman–Crippen LogP) is 18.4. The maximum Gasteiger partial charge on any atom is 0.175 e. The summed E-state index contributed by atoms with van der Waals surface area (Å²) in [5.74, 6) is 3.48. The highest BCUT2D eigenvalue weighted by atomic mass is 32.2. The molecule has 0 aliphatic rings. The average molecular weight is 858 g/mol. The van der Waals surface area contributed by atoms with Crippen molar-refractivity contribution in [2.45, 2.75) is 277 Å². The van der Waals surface area contributed by atoms with Gasteiger partial charge >= 0.3 is 0 Å². The lowest BCUT2D eigenvalue weighted by molar-refractivity contribution is 0.423. The van der Waals surface area contributed by atoms with Gasteiger partial charge < -0.3 is 10.4 Å². The van der Waals surface area contributed by atoms with Crippen LogP contribution in [0.15, 0.2) is 17.2 Å². The van der Waals surface area contributed by atoms with Crippen LogP contribution in [0.25, 0.3) is 0 Å². The van der Waals surface area contributed by atoms with Crippen LogP contribution in [0.4, 0.5) is 11.5 Å². The lowest BCUT2D eigenvalue weighted by Gasteiger charge is -2.28. The summed E-state index contributed by atoms with van der Waals surface area (Å²) in [6, 6.07) is 4.26. The summed E-state index contributed by atoms with van der Waals surface area (Å²) < 4.78 is 2.03. The minimum atomic E-state index is -0.187. The zero-order valence-corrected chi connectivity index (χ0v) is 41.9. The Morgan fingerprint density at radius 2 is 0.814 bits per heavy atom. The van der Waals surface area contributed by atoms with Gasteiger partial charge in [-0.1, -0.05) is 253 Å². The minimum Gasteiger partial charge on any atom is -0.507 e. The van der Waals surface area contributed by atoms with Crippen LogP contribution in [-0.2, 0) is 10.8 Å². The van der Waals surface area contributed by atoms with E-state index in [1.54, 1.807) is 11.9 Å². The highest BCUT2D eigenvalue weighted by Gasteiger charge is 2.27. The third kappa shape index (κ3) is 25.4. The van der Waals surface area contributed by atoms with Crippen molar-refractivity contribution in [2.24, 2.45) is 0 Å². The number of nitrogens with zero attached hydrogens (tertiary/aromatic N) is 3. The van der Waals surface area contributed by atoms with E-state index >= 15 is 0 Å². The van der Waals surface area contributed by atoms with Crippen molar-refractivity contribution in [1.82, 2.24) is 14.4 Å². The number of phenolic OH excluding ortho intramolecular Hbond substituents is 1. The number of nitrogens with one attached hydrogen (secondary N) is 1. The fourth-order valence-corrected chi connectivity index (χ4v) is 9.97. The largest absolute Gasteiger partial charge is 0.507 e. The second-order valence-electron chi connectivity index (χ2n) is 19.9. The Hall–Kier alpha value is -1.34. The molecule has 5 nitrogen and oxygen atoms in total. The summed E-state index contributed by atoms with van der Waals surface area (Å²) in [6.07, 6.45) is 44.5. The van der Waals surface area contributed by atoms with Crippen LogP contribution in [0.1, 0.15) is 272 Å². The Labute approximate surface area is 375 Å². The van der Waals surface area contributed by atoms with Gasteiger partial charge in [0, 0.05) is 22.6 Å². The van der Waals surface area contributed by atoms with Crippen LogP contribution in [0.3, 0.4) is 0 Å². The molecule has 0 amide bonds. The molecular formula is C52H96N4OS2. The molecule has 59 heavy (non-hydrogen) atoms. The van der Waals surface area contributed by atoms with Crippen molar-refractivity contribution in [3.05, 3.63) is 23.3 Å². The van der Waals surface area contributed by atoms with Gasteiger partial charge in [-0.25, -0.2) is 0 Å². The standard InChI is InChI=1S/C52H96N4OS2/c1-9-11-13-15-17-19-21-23-25-27-29-31-33-35-37-39-41-58-50-49(53-45-43-46(51(3,4)5)48(57)47(44-45)52(6,7)8)56(55-54-50)59-42-40-38-36-34-32-30-28-26-24-22-20-18-16-14-12-10-2/h43-44,53,57H,9-42H2,1-8H3. The molecule has 1 aromatic heterocycles. The van der Waals surface area contributed by atoms with Crippen LogP contribution >= 0.6 is 23.7 Å². The molecule has 7 heteroatoms. The van der Waals surface area contributed by atoms with Crippen molar-refractivity contribution < 1.29 is 5.11 Å². The number of hydrogen-bond donors (Lipinski definition) is 2. The molecule has 0 saturated carbocycles. The molecule has 1 aromatic carbocycles. The molecule has 2 N–H and O–H groups in total. The Bertz CT molecular complexity index is 1210. The first kappa shape index (κ1) is 53.8. The SMILES string of the molecule is CCCCCCCCCCCCCCCCCCSc1nnn(SCCCCCCCCCCCCCCCCCC)c1Nc1cc(C(C)(C)C)c(O)c(C(C)(C)C)c1. The molecule has 0 aliphatic heterocycles. The van der Waals surface area contributed by atoms with E-state index in [1.165, 1.54) is 205 Å². The van der Waals surface area contributed by atoms with Crippen molar-refractivity contribution in [3.63, 3.8) is 0 Å². The fourth-order valence-electron chi connectivity index (χ4n) is 8.15. The van der Waals surface area contributed by atoms with Gasteiger partial charge in [-0.15, -0.1) is 16.9 Å². The van der Waals surface area contributed by atoms with E-state index in [-0.39, 0.29) is 10.8 Å². The van der Waals surface area contributed by atoms with Gasteiger partial charge in [0.1, 0.15) is 5.75 Å². The second-order valence-corrected chi connectivity index (χ2v) is 22.0. The minimum absolute atomic E-state index is 0.187. The van der Waals surface area contributed by atoms with Gasteiger partial charge in [-0.3, -0.25) is 0 Å². The first-order chi connectivity index (χ1) is 28.5. The Balaban J connectivity index is 1.80. The fraction of sp³-hybridized carbons (Fsp3) is 0.846. The van der Waals surface area contributed by atoms with Crippen molar-refractivity contribution in [3.8, 4) is 5.75 Å². The lowest BCUT2D eigenvalue weighted by Crippen LogP contribution is -2.17. The molecule has 342 valence electrons. The van der Waals surface area contributed by atoms with Crippen LogP contribution in [0.5, 0.6) is 5.75 Å². The number of unbranched alkanes of at least 4 members (excludes halogenated alkanes) is 30. The molecule has 0 aliphatic carbocycles. The number of anilines is 2. The van der Waals surface area contributed by atoms with E-state index in [9.17, 15) is 5.11 Å². The summed E-state index contributed by atoms with van der Waals surface area (Å²) in [7, 11) is 0. The third-order valence-electron chi connectivity index (χ3n) is 12.0. The number of aromatic hydroxyl groups is 1. The molecule has 0 spiro atoms. The summed E-state index contributed by atoms with van der Waals surface area (Å²) in [6.45, 7) is 17.7. The molecule has 2 aromatic rings. The number of benzene rings is 1. The number of hydrogen-bond acceptors (Lipinski definition) is 6. The smallest absolute Gasteiger partial charge is 0.175 e. The molecule has 1 heterocycles. The quantitative estimate of drug-likeness (QED) is 0.0398. The first-order valence-corrected chi connectivity index (χ1v) is 27.3. The van der Waals surface area contributed by atoms with Crippen molar-refractivity contribution in [2.75, 3.05) is 16.8 Å². The van der Waals surface area contributed by atoms with Gasteiger partial charge in [-0.05, 0) is 53.5 Å². The Kier molecular flexibility index (Phi) is 30.3. The zero-order chi connectivity index (χ0) is 43.0. The highest BCUT2D eigenvalue weighted by Crippen LogP contribution is 2.42. The van der Waals surface area contributed by atoms with Gasteiger partial charge in [-0.2, -0.15) is 4.09 Å². The average Bonchev–Trinajstić information content (AvgIpc) is 3.57. The van der Waals surface area contributed by atoms with Crippen LogP contribution in [0, 0.1) is 0 Å². The number of thioether (sulfide) groups is 1. The van der Waals surface area contributed by atoms with Crippen LogP contribution in [0.2, 0.25) is 0 Å². The summed E-state index contributed by atoms with van der Waals surface area (Å²) in [5.41, 5.74) is 2.55. The monoisotopic (exact) mass is 857 g/mol. The topological polar surface area (TPSA) is 63.0 Å². The number of phenols is 1. The molecule has 0 atom stereocenters. The maximum absolute atomic E-state index is 11.4. The summed E-state index contributed by atoms with van der Waals surface area (Å²) >= 11 is 3.62. The van der Waals surface area contributed by atoms with E-state index in [1.807, 2.05) is 15.8 Å². The van der Waals surface area contributed by atoms with Crippen LogP contribution < -0.4 is 5.32 Å². The molecule has 0 unspecified atom stereocenters. The molecule has 0 fully saturated rings. The highest BCUT2D eigenvalue weighted by molar-refractivity contribution is 7.99. The second kappa shape index (κ2) is 33.2. The zero-order valence-electron chi connectivity index (χ0n) is 40.3. The van der Waals surface area contributed by atoms with Crippen molar-refractivity contribution in [1.29, 1.82) is 0 Å². The van der Waals surface area contributed by atoms with Gasteiger partial charge in [0.15, 0.2) is 10.8 Å².